The van der Waals surface area contributed by atoms with Crippen LogP contribution in [-0.2, 0) is 0 Å². The fraction of sp³-hybridized carbons (Fsp3) is 0.211. The van der Waals surface area contributed by atoms with E-state index in [0.29, 0.717) is 17.9 Å². The smallest absolute Gasteiger partial charge is 0.251 e. The van der Waals surface area contributed by atoms with Crippen LogP contribution in [0.4, 0.5) is 0 Å². The summed E-state index contributed by atoms with van der Waals surface area (Å²) in [5, 5.41) is 3.02. The molecule has 2 aromatic heterocycles. The molecule has 128 valence electrons. The first-order valence-electron chi connectivity index (χ1n) is 8.09. The molecule has 0 aliphatic heterocycles. The average molecular weight is 335 g/mol. The minimum atomic E-state index is -0.119. The third kappa shape index (κ3) is 4.10. The zero-order valence-corrected chi connectivity index (χ0v) is 14.3. The molecule has 0 bridgehead atoms. The van der Waals surface area contributed by atoms with Gasteiger partial charge in [0.05, 0.1) is 6.04 Å². The number of hydrogen-bond acceptors (Lipinski definition) is 4. The predicted octanol–water partition coefficient (Wildman–Crippen LogP) is 2.30. The van der Waals surface area contributed by atoms with E-state index in [2.05, 4.69) is 32.3 Å². The number of pyridine rings is 1. The Hall–Kier alpha value is -2.99. The Labute approximate surface area is 147 Å². The molecule has 1 aromatic carbocycles. The molecule has 0 aliphatic carbocycles. The van der Waals surface area contributed by atoms with Crippen molar-refractivity contribution >= 4 is 5.91 Å². The lowest BCUT2D eigenvalue weighted by atomic mass is 10.1. The first kappa shape index (κ1) is 16.9. The average Bonchev–Trinajstić information content (AvgIpc) is 3.17. The maximum atomic E-state index is 12.5. The monoisotopic (exact) mass is 335 g/mol. The summed E-state index contributed by atoms with van der Waals surface area (Å²) in [6.45, 7) is 0.526. The van der Waals surface area contributed by atoms with Crippen LogP contribution in [0.5, 0.6) is 0 Å². The Morgan fingerprint density at radius 1 is 1.20 bits per heavy atom. The summed E-state index contributed by atoms with van der Waals surface area (Å²) in [7, 11) is 4.01. The summed E-state index contributed by atoms with van der Waals surface area (Å²) >= 11 is 0. The zero-order chi connectivity index (χ0) is 17.6. The maximum Gasteiger partial charge on any atom is 0.251 e. The highest BCUT2D eigenvalue weighted by Gasteiger charge is 2.16. The third-order valence-corrected chi connectivity index (χ3v) is 4.04. The Morgan fingerprint density at radius 3 is 2.68 bits per heavy atom. The van der Waals surface area contributed by atoms with E-state index in [0.717, 1.165) is 0 Å². The van der Waals surface area contributed by atoms with Gasteiger partial charge in [-0.15, -0.1) is 0 Å². The number of imidazole rings is 1. The van der Waals surface area contributed by atoms with Crippen LogP contribution in [0.3, 0.4) is 0 Å². The van der Waals surface area contributed by atoms with Crippen molar-refractivity contribution in [2.75, 3.05) is 20.6 Å². The highest BCUT2D eigenvalue weighted by atomic mass is 16.1. The second-order valence-corrected chi connectivity index (χ2v) is 5.97. The second-order valence-electron chi connectivity index (χ2n) is 5.97. The zero-order valence-electron chi connectivity index (χ0n) is 14.3. The van der Waals surface area contributed by atoms with Gasteiger partial charge in [-0.25, -0.2) is 9.97 Å². The number of rotatable bonds is 6. The molecule has 3 aromatic rings. The van der Waals surface area contributed by atoms with Crippen molar-refractivity contribution in [2.45, 2.75) is 6.04 Å². The van der Waals surface area contributed by atoms with E-state index in [1.165, 1.54) is 5.56 Å². The molecule has 0 saturated heterocycles. The summed E-state index contributed by atoms with van der Waals surface area (Å²) in [5.74, 6) is 0.545. The molecular weight excluding hydrogens is 314 g/mol. The van der Waals surface area contributed by atoms with Crippen LogP contribution in [0.2, 0.25) is 0 Å². The molecule has 0 radical (unpaired) electrons. The van der Waals surface area contributed by atoms with Crippen LogP contribution >= 0.6 is 0 Å². The Morgan fingerprint density at radius 2 is 2.00 bits per heavy atom. The van der Waals surface area contributed by atoms with Crippen molar-refractivity contribution in [1.82, 2.24) is 24.8 Å². The number of nitrogens with one attached hydrogen (secondary N) is 1. The van der Waals surface area contributed by atoms with Crippen LogP contribution < -0.4 is 5.32 Å². The van der Waals surface area contributed by atoms with Gasteiger partial charge in [0.2, 0.25) is 0 Å². The number of likely N-dealkylation sites (N-methyl/N-ethyl adjacent to an activating group) is 1. The van der Waals surface area contributed by atoms with Crippen LogP contribution in [0, 0.1) is 0 Å². The molecule has 0 saturated carbocycles. The van der Waals surface area contributed by atoms with Crippen LogP contribution in [0.1, 0.15) is 22.0 Å². The lowest BCUT2D eigenvalue weighted by molar-refractivity contribution is 0.0941. The Balaban J connectivity index is 1.71. The lowest BCUT2D eigenvalue weighted by Crippen LogP contribution is -2.34. The number of carbonyl (C=O) groups is 1. The Bertz CT molecular complexity index is 815. The van der Waals surface area contributed by atoms with E-state index in [1.54, 1.807) is 41.6 Å². The minimum absolute atomic E-state index is 0.111. The van der Waals surface area contributed by atoms with Gasteiger partial charge >= 0.3 is 0 Å². The highest BCUT2D eigenvalue weighted by Crippen LogP contribution is 2.17. The molecular formula is C19H21N5O. The summed E-state index contributed by atoms with van der Waals surface area (Å²) in [6, 6.07) is 13.7. The molecule has 1 N–H and O–H groups in total. The highest BCUT2D eigenvalue weighted by molar-refractivity contribution is 5.94. The number of benzene rings is 1. The van der Waals surface area contributed by atoms with Crippen molar-refractivity contribution in [3.8, 4) is 5.82 Å². The number of hydrogen-bond donors (Lipinski definition) is 1. The SMILES string of the molecule is CN(C)[C@@H](CNC(=O)c1ccnc(-n2ccnc2)c1)c1ccccc1. The van der Waals surface area contributed by atoms with Gasteiger partial charge in [0.1, 0.15) is 12.1 Å². The molecule has 25 heavy (non-hydrogen) atoms. The van der Waals surface area contributed by atoms with Gasteiger partial charge in [-0.3, -0.25) is 9.36 Å². The quantitative estimate of drug-likeness (QED) is 0.751. The Kier molecular flexibility index (Phi) is 5.20. The largest absolute Gasteiger partial charge is 0.350 e. The fourth-order valence-corrected chi connectivity index (χ4v) is 2.66. The van der Waals surface area contributed by atoms with Crippen LogP contribution in [-0.4, -0.2) is 46.0 Å². The first-order chi connectivity index (χ1) is 12.1. The van der Waals surface area contributed by atoms with Crippen LogP contribution in [0.15, 0.2) is 67.4 Å². The van der Waals surface area contributed by atoms with Gasteiger partial charge in [-0.05, 0) is 31.8 Å². The molecule has 1 atom stereocenters. The molecule has 2 heterocycles. The van der Waals surface area contributed by atoms with Crippen molar-refractivity contribution < 1.29 is 4.79 Å². The number of aromatic nitrogens is 3. The van der Waals surface area contributed by atoms with Gasteiger partial charge in [-0.2, -0.15) is 0 Å². The van der Waals surface area contributed by atoms with Crippen molar-refractivity contribution in [3.05, 3.63) is 78.5 Å². The normalized spacial score (nSPS) is 12.1. The summed E-state index contributed by atoms with van der Waals surface area (Å²) in [6.07, 6.45) is 6.75. The molecule has 6 heteroatoms. The topological polar surface area (TPSA) is 63.1 Å². The molecule has 3 rings (SSSR count). The van der Waals surface area contributed by atoms with E-state index in [-0.39, 0.29) is 11.9 Å². The lowest BCUT2D eigenvalue weighted by Gasteiger charge is -2.25. The van der Waals surface area contributed by atoms with E-state index < -0.39 is 0 Å². The standard InChI is InChI=1S/C19H21N5O/c1-23(2)17(15-6-4-3-5-7-15)13-22-19(25)16-8-9-21-18(12-16)24-11-10-20-14-24/h3-12,14,17H,13H2,1-2H3,(H,22,25)/t17-/m0/s1. The van der Waals surface area contributed by atoms with Gasteiger partial charge in [0, 0.05) is 30.7 Å². The number of carbonyl (C=O) groups excluding carboxylic acids is 1. The van der Waals surface area contributed by atoms with Crippen molar-refractivity contribution in [2.24, 2.45) is 0 Å². The minimum Gasteiger partial charge on any atom is -0.350 e. The first-order valence-corrected chi connectivity index (χ1v) is 8.09. The molecule has 0 aliphatic rings. The van der Waals surface area contributed by atoms with E-state index in [4.69, 9.17) is 0 Å². The van der Waals surface area contributed by atoms with Gasteiger partial charge in [0.25, 0.3) is 5.91 Å². The van der Waals surface area contributed by atoms with Crippen molar-refractivity contribution in [1.29, 1.82) is 0 Å². The number of nitrogens with zero attached hydrogens (tertiary/aromatic N) is 4. The van der Waals surface area contributed by atoms with E-state index in [9.17, 15) is 4.79 Å². The number of amides is 1. The molecule has 0 unspecified atom stereocenters. The van der Waals surface area contributed by atoms with E-state index >= 15 is 0 Å². The summed E-state index contributed by atoms with van der Waals surface area (Å²) in [5.41, 5.74) is 1.74. The summed E-state index contributed by atoms with van der Waals surface area (Å²) < 4.78 is 1.77. The van der Waals surface area contributed by atoms with E-state index in [1.807, 2.05) is 32.3 Å². The summed E-state index contributed by atoms with van der Waals surface area (Å²) in [4.78, 5) is 22.9. The van der Waals surface area contributed by atoms with Crippen LogP contribution in [0.25, 0.3) is 5.82 Å². The fourth-order valence-electron chi connectivity index (χ4n) is 2.66. The third-order valence-electron chi connectivity index (χ3n) is 4.04. The van der Waals surface area contributed by atoms with Gasteiger partial charge in [0.15, 0.2) is 0 Å². The second kappa shape index (κ2) is 7.72. The predicted molar refractivity (Wildman–Crippen MR) is 96.6 cm³/mol. The maximum absolute atomic E-state index is 12.5. The molecule has 0 spiro atoms. The molecule has 0 fully saturated rings. The van der Waals surface area contributed by atoms with Crippen molar-refractivity contribution in [3.63, 3.8) is 0 Å². The van der Waals surface area contributed by atoms with Gasteiger partial charge < -0.3 is 10.2 Å². The molecule has 1 amide bonds. The van der Waals surface area contributed by atoms with Gasteiger partial charge in [-0.1, -0.05) is 30.3 Å². The molecule has 6 nitrogen and oxygen atoms in total.